The summed E-state index contributed by atoms with van der Waals surface area (Å²) in [5.74, 6) is 0.810. The Morgan fingerprint density at radius 1 is 1.43 bits per heavy atom. The number of hydrogen-bond acceptors (Lipinski definition) is 5. The Morgan fingerprint density at radius 3 is 2.90 bits per heavy atom. The van der Waals surface area contributed by atoms with Gasteiger partial charge < -0.3 is 9.64 Å². The van der Waals surface area contributed by atoms with Crippen molar-refractivity contribution in [3.05, 3.63) is 12.7 Å². The van der Waals surface area contributed by atoms with Crippen LogP contribution in [0.1, 0.15) is 39.0 Å². The highest BCUT2D eigenvalue weighted by molar-refractivity contribution is 5.27. The molecule has 6 nitrogen and oxygen atoms in total. The summed E-state index contributed by atoms with van der Waals surface area (Å²) in [5.41, 5.74) is 0.353. The van der Waals surface area contributed by atoms with Crippen molar-refractivity contribution in [2.45, 2.75) is 51.2 Å². The lowest BCUT2D eigenvalue weighted by molar-refractivity contribution is -0.166. The average Bonchev–Trinajstić information content (AvgIpc) is 2.84. The van der Waals surface area contributed by atoms with Crippen LogP contribution in [-0.4, -0.2) is 46.0 Å². The zero-order valence-corrected chi connectivity index (χ0v) is 13.1. The van der Waals surface area contributed by atoms with E-state index in [4.69, 9.17) is 4.74 Å². The van der Waals surface area contributed by atoms with Crippen LogP contribution in [0, 0.1) is 5.41 Å². The fourth-order valence-corrected chi connectivity index (χ4v) is 3.67. The molecule has 1 atom stereocenters. The molecule has 0 N–H and O–H groups in total. The van der Waals surface area contributed by atoms with E-state index in [1.807, 2.05) is 22.7 Å². The van der Waals surface area contributed by atoms with Crippen molar-refractivity contribution in [3.8, 4) is 0 Å². The van der Waals surface area contributed by atoms with E-state index in [9.17, 15) is 0 Å². The molecule has 116 valence electrons. The number of ether oxygens (including phenoxy) is 1. The largest absolute Gasteiger partial charge is 0.375 e. The van der Waals surface area contributed by atoms with Crippen molar-refractivity contribution in [1.29, 1.82) is 0 Å². The van der Waals surface area contributed by atoms with Gasteiger partial charge in [-0.15, -0.1) is 6.58 Å². The zero-order valence-electron chi connectivity index (χ0n) is 13.1. The molecular weight excluding hydrogens is 266 g/mol. The molecule has 0 radical (unpaired) electrons. The van der Waals surface area contributed by atoms with Crippen LogP contribution in [0.4, 0.5) is 5.95 Å². The lowest BCUT2D eigenvalue weighted by atomic mass is 9.66. The Hall–Kier alpha value is -1.43. The topological polar surface area (TPSA) is 56.1 Å². The van der Waals surface area contributed by atoms with Gasteiger partial charge in [-0.05, 0) is 47.9 Å². The van der Waals surface area contributed by atoms with E-state index in [0.29, 0.717) is 0 Å². The first kappa shape index (κ1) is 14.5. The normalized spacial score (nSPS) is 27.3. The van der Waals surface area contributed by atoms with Gasteiger partial charge in [-0.3, -0.25) is 0 Å². The molecule has 1 saturated heterocycles. The Bertz CT molecular complexity index is 510. The number of rotatable bonds is 5. The lowest BCUT2D eigenvalue weighted by Gasteiger charge is -2.51. The quantitative estimate of drug-likeness (QED) is 0.777. The summed E-state index contributed by atoms with van der Waals surface area (Å²) in [6, 6.07) is 0. The Balaban J connectivity index is 1.73. The van der Waals surface area contributed by atoms with Crippen LogP contribution in [0.5, 0.6) is 0 Å². The van der Waals surface area contributed by atoms with Crippen molar-refractivity contribution < 1.29 is 4.74 Å². The number of likely N-dealkylation sites (N-methyl/N-ethyl adjacent to an activating group) is 1. The molecule has 1 unspecified atom stereocenters. The second kappa shape index (κ2) is 5.40. The van der Waals surface area contributed by atoms with Crippen LogP contribution in [0.3, 0.4) is 0 Å². The van der Waals surface area contributed by atoms with E-state index in [-0.39, 0.29) is 11.0 Å². The predicted octanol–water partition coefficient (Wildman–Crippen LogP) is 2.03. The molecule has 1 aliphatic heterocycles. The number of hydrogen-bond donors (Lipinski definition) is 0. The van der Waals surface area contributed by atoms with E-state index < -0.39 is 0 Å². The molecule has 2 heterocycles. The highest BCUT2D eigenvalue weighted by atomic mass is 16.5. The molecule has 2 aliphatic rings. The third-order valence-corrected chi connectivity index (χ3v) is 4.92. The van der Waals surface area contributed by atoms with Crippen molar-refractivity contribution in [3.63, 3.8) is 0 Å². The van der Waals surface area contributed by atoms with Crippen molar-refractivity contribution in [2.24, 2.45) is 5.41 Å². The summed E-state index contributed by atoms with van der Waals surface area (Å²) >= 11 is 0. The van der Waals surface area contributed by atoms with E-state index in [0.717, 1.165) is 38.5 Å². The summed E-state index contributed by atoms with van der Waals surface area (Å²) in [5, 5.41) is 12.2. The highest BCUT2D eigenvalue weighted by Gasteiger charge is 2.47. The van der Waals surface area contributed by atoms with Gasteiger partial charge in [0.1, 0.15) is 0 Å². The van der Waals surface area contributed by atoms with Crippen LogP contribution in [0.25, 0.3) is 0 Å². The van der Waals surface area contributed by atoms with Crippen molar-refractivity contribution >= 4 is 5.95 Å². The molecule has 21 heavy (non-hydrogen) atoms. The maximum atomic E-state index is 6.05. The molecule has 3 rings (SSSR count). The molecule has 6 heteroatoms. The minimum atomic E-state index is 0.147. The van der Waals surface area contributed by atoms with Crippen molar-refractivity contribution in [2.75, 3.05) is 25.1 Å². The van der Waals surface area contributed by atoms with Crippen LogP contribution < -0.4 is 4.90 Å². The molecule has 0 aromatic carbocycles. The van der Waals surface area contributed by atoms with Crippen LogP contribution >= 0.6 is 0 Å². The Morgan fingerprint density at radius 2 is 2.24 bits per heavy atom. The Kier molecular flexibility index (Phi) is 3.73. The molecule has 1 saturated carbocycles. The van der Waals surface area contributed by atoms with Gasteiger partial charge in [0.05, 0.1) is 12.1 Å². The SMILES string of the molecule is C=CCN(C)c1nnnn1CC1(C)CCOC2(CCC2)C1. The van der Waals surface area contributed by atoms with Crippen LogP contribution in [0.15, 0.2) is 12.7 Å². The predicted molar refractivity (Wildman–Crippen MR) is 81.2 cm³/mol. The van der Waals surface area contributed by atoms with Crippen LogP contribution in [0.2, 0.25) is 0 Å². The number of nitrogens with zero attached hydrogens (tertiary/aromatic N) is 5. The van der Waals surface area contributed by atoms with Gasteiger partial charge in [0.2, 0.25) is 5.95 Å². The second-order valence-corrected chi connectivity index (χ2v) is 6.93. The minimum Gasteiger partial charge on any atom is -0.375 e. The summed E-state index contributed by atoms with van der Waals surface area (Å²) < 4.78 is 7.98. The molecule has 1 aliphatic carbocycles. The molecule has 0 amide bonds. The van der Waals surface area contributed by atoms with Crippen LogP contribution in [-0.2, 0) is 11.3 Å². The monoisotopic (exact) mass is 291 g/mol. The van der Waals surface area contributed by atoms with Gasteiger partial charge in [0.25, 0.3) is 0 Å². The van der Waals surface area contributed by atoms with Gasteiger partial charge in [-0.25, -0.2) is 4.68 Å². The third-order valence-electron chi connectivity index (χ3n) is 4.92. The Labute approximate surface area is 126 Å². The molecule has 1 spiro atoms. The first-order valence-electron chi connectivity index (χ1n) is 7.78. The third kappa shape index (κ3) is 2.81. The highest BCUT2D eigenvalue weighted by Crippen LogP contribution is 2.49. The fourth-order valence-electron chi connectivity index (χ4n) is 3.67. The smallest absolute Gasteiger partial charge is 0.245 e. The molecular formula is C15H25N5O. The minimum absolute atomic E-state index is 0.147. The van der Waals surface area contributed by atoms with E-state index in [1.54, 1.807) is 0 Å². The summed E-state index contributed by atoms with van der Waals surface area (Å²) in [4.78, 5) is 2.02. The number of anilines is 1. The van der Waals surface area contributed by atoms with Gasteiger partial charge in [0, 0.05) is 20.2 Å². The van der Waals surface area contributed by atoms with Gasteiger partial charge in [-0.2, -0.15) is 0 Å². The van der Waals surface area contributed by atoms with E-state index in [2.05, 4.69) is 29.0 Å². The van der Waals surface area contributed by atoms with Gasteiger partial charge in [0.15, 0.2) is 0 Å². The summed E-state index contributed by atoms with van der Waals surface area (Å²) in [6.07, 6.45) is 7.76. The zero-order chi connectivity index (χ0) is 14.9. The summed E-state index contributed by atoms with van der Waals surface area (Å²) in [7, 11) is 1.99. The molecule has 1 aromatic rings. The number of aromatic nitrogens is 4. The first-order valence-corrected chi connectivity index (χ1v) is 7.78. The van der Waals surface area contributed by atoms with Gasteiger partial charge in [-0.1, -0.05) is 18.1 Å². The fraction of sp³-hybridized carbons (Fsp3) is 0.800. The standard InChI is InChI=1S/C15H25N5O/c1-4-9-19(3)13-16-17-18-20(13)12-14(2)8-10-21-15(11-14)6-5-7-15/h4H,1,5-12H2,2-3H3. The maximum Gasteiger partial charge on any atom is 0.245 e. The van der Waals surface area contributed by atoms with Crippen molar-refractivity contribution in [1.82, 2.24) is 20.2 Å². The van der Waals surface area contributed by atoms with E-state index >= 15 is 0 Å². The molecule has 1 aromatic heterocycles. The summed E-state index contributed by atoms with van der Waals surface area (Å²) in [6.45, 7) is 8.56. The molecule has 2 fully saturated rings. The van der Waals surface area contributed by atoms with E-state index in [1.165, 1.54) is 19.3 Å². The lowest BCUT2D eigenvalue weighted by Crippen LogP contribution is -2.50. The average molecular weight is 291 g/mol. The molecule has 0 bridgehead atoms. The van der Waals surface area contributed by atoms with Gasteiger partial charge >= 0.3 is 0 Å². The second-order valence-electron chi connectivity index (χ2n) is 6.93. The first-order chi connectivity index (χ1) is 10.1. The number of tetrazole rings is 1. The maximum absolute atomic E-state index is 6.05.